The van der Waals surface area contributed by atoms with Crippen molar-refractivity contribution in [1.29, 1.82) is 0 Å². The van der Waals surface area contributed by atoms with Gasteiger partial charge in [0.2, 0.25) is 0 Å². The topological polar surface area (TPSA) is 129 Å². The highest BCUT2D eigenvalue weighted by atomic mass is 16.5. The Morgan fingerprint density at radius 3 is 2.69 bits per heavy atom. The van der Waals surface area contributed by atoms with Crippen LogP contribution in [0.4, 0.5) is 11.4 Å². The minimum absolute atomic E-state index is 0.0601. The molecule has 4 rings (SSSR count). The van der Waals surface area contributed by atoms with Gasteiger partial charge in [0.1, 0.15) is 17.1 Å². The number of hydrogen-bond donors (Lipinski definition) is 4. The third-order valence-corrected chi connectivity index (χ3v) is 5.28. The van der Waals surface area contributed by atoms with E-state index < -0.39 is 0 Å². The summed E-state index contributed by atoms with van der Waals surface area (Å²) in [6.07, 6.45) is 0.547. The first-order valence-electron chi connectivity index (χ1n) is 11.5. The fraction of sp³-hybridized carbons (Fsp3) is 0.280. The Hall–Kier alpha value is -4.18. The van der Waals surface area contributed by atoms with E-state index in [-0.39, 0.29) is 12.2 Å². The van der Waals surface area contributed by atoms with E-state index in [0.29, 0.717) is 59.4 Å². The number of guanidine groups is 1. The molecule has 4 aromatic rings. The number of aromatic amines is 1. The Balaban J connectivity index is 1.73. The number of ether oxygens (including phenoxy) is 1. The number of anilines is 2. The SMILES string of the molecule is CCOc1ccc(NC(=NCCCO)Nc2ccccc2)cc1-c1nc2c(C)nn(C)c2c(=O)[nH]1. The van der Waals surface area contributed by atoms with Crippen LogP contribution in [-0.4, -0.2) is 50.6 Å². The number of H-pyrrole nitrogens is 1. The fourth-order valence-electron chi connectivity index (χ4n) is 3.71. The van der Waals surface area contributed by atoms with E-state index in [9.17, 15) is 4.79 Å². The molecule has 2 aromatic heterocycles. The molecule has 10 heteroatoms. The van der Waals surface area contributed by atoms with Crippen molar-refractivity contribution in [2.24, 2.45) is 12.0 Å². The second kappa shape index (κ2) is 10.8. The van der Waals surface area contributed by atoms with Crippen molar-refractivity contribution in [3.63, 3.8) is 0 Å². The second-order valence-corrected chi connectivity index (χ2v) is 7.89. The van der Waals surface area contributed by atoms with Crippen LogP contribution in [0.15, 0.2) is 58.3 Å². The van der Waals surface area contributed by atoms with Crippen molar-refractivity contribution in [2.75, 3.05) is 30.4 Å². The number of nitrogens with zero attached hydrogens (tertiary/aromatic N) is 4. The van der Waals surface area contributed by atoms with Gasteiger partial charge >= 0.3 is 0 Å². The van der Waals surface area contributed by atoms with Gasteiger partial charge in [-0.1, -0.05) is 18.2 Å². The van der Waals surface area contributed by atoms with Gasteiger partial charge in [-0.05, 0) is 50.6 Å². The van der Waals surface area contributed by atoms with Crippen LogP contribution < -0.4 is 20.9 Å². The van der Waals surface area contributed by atoms with E-state index >= 15 is 0 Å². The lowest BCUT2D eigenvalue weighted by atomic mass is 10.1. The summed E-state index contributed by atoms with van der Waals surface area (Å²) in [5, 5.41) is 20.0. The van der Waals surface area contributed by atoms with Gasteiger partial charge in [-0.3, -0.25) is 14.5 Å². The molecule has 0 saturated carbocycles. The number of aryl methyl sites for hydroxylation is 2. The van der Waals surface area contributed by atoms with Gasteiger partial charge in [0.25, 0.3) is 5.56 Å². The second-order valence-electron chi connectivity index (χ2n) is 7.89. The first-order chi connectivity index (χ1) is 17.0. The van der Waals surface area contributed by atoms with E-state index in [0.717, 1.165) is 11.4 Å². The molecule has 0 saturated heterocycles. The lowest BCUT2D eigenvalue weighted by Gasteiger charge is -2.15. The van der Waals surface area contributed by atoms with E-state index in [1.54, 1.807) is 7.05 Å². The lowest BCUT2D eigenvalue weighted by Crippen LogP contribution is -2.22. The highest BCUT2D eigenvalue weighted by molar-refractivity contribution is 6.04. The summed E-state index contributed by atoms with van der Waals surface area (Å²) in [4.78, 5) is 25.0. The quantitative estimate of drug-likeness (QED) is 0.175. The molecule has 4 N–H and O–H groups in total. The van der Waals surface area contributed by atoms with Gasteiger partial charge < -0.3 is 25.5 Å². The third-order valence-electron chi connectivity index (χ3n) is 5.28. The van der Waals surface area contributed by atoms with Crippen molar-refractivity contribution < 1.29 is 9.84 Å². The Morgan fingerprint density at radius 2 is 1.94 bits per heavy atom. The molecule has 10 nitrogen and oxygen atoms in total. The van der Waals surface area contributed by atoms with Crippen LogP contribution in [0.1, 0.15) is 19.0 Å². The molecule has 182 valence electrons. The van der Waals surface area contributed by atoms with Crippen LogP contribution in [-0.2, 0) is 7.05 Å². The maximum absolute atomic E-state index is 12.8. The highest BCUT2D eigenvalue weighted by Crippen LogP contribution is 2.31. The molecule has 0 unspecified atom stereocenters. The van der Waals surface area contributed by atoms with Crippen LogP contribution in [0.25, 0.3) is 22.4 Å². The molecule has 35 heavy (non-hydrogen) atoms. The average Bonchev–Trinajstić information content (AvgIpc) is 3.14. The maximum atomic E-state index is 12.8. The largest absolute Gasteiger partial charge is 0.493 e. The fourth-order valence-corrected chi connectivity index (χ4v) is 3.71. The first-order valence-corrected chi connectivity index (χ1v) is 11.5. The van der Waals surface area contributed by atoms with Gasteiger partial charge in [0, 0.05) is 31.6 Å². The van der Waals surface area contributed by atoms with Crippen molar-refractivity contribution in [2.45, 2.75) is 20.3 Å². The molecule has 2 heterocycles. The smallest absolute Gasteiger partial charge is 0.277 e. The van der Waals surface area contributed by atoms with Crippen molar-refractivity contribution in [3.8, 4) is 17.1 Å². The molecule has 0 aliphatic carbocycles. The average molecular weight is 476 g/mol. The summed E-state index contributed by atoms with van der Waals surface area (Å²) in [6, 6.07) is 15.2. The first kappa shape index (κ1) is 24.0. The number of hydrogen-bond acceptors (Lipinski definition) is 6. The van der Waals surface area contributed by atoms with E-state index in [1.165, 1.54) is 4.68 Å². The summed E-state index contributed by atoms with van der Waals surface area (Å²) < 4.78 is 7.36. The number of aliphatic imine (C=N–C) groups is 1. The van der Waals surface area contributed by atoms with Gasteiger partial charge in [-0.15, -0.1) is 0 Å². The predicted octanol–water partition coefficient (Wildman–Crippen LogP) is 3.29. The number of rotatable bonds is 8. The molecule has 0 atom stereocenters. The monoisotopic (exact) mass is 475 g/mol. The zero-order chi connectivity index (χ0) is 24.8. The summed E-state index contributed by atoms with van der Waals surface area (Å²) in [7, 11) is 1.72. The Morgan fingerprint density at radius 1 is 1.17 bits per heavy atom. The number of nitrogens with one attached hydrogen (secondary N) is 3. The molecule has 0 spiro atoms. The molecular weight excluding hydrogens is 446 g/mol. The van der Waals surface area contributed by atoms with Gasteiger partial charge in [0.05, 0.1) is 17.9 Å². The number of para-hydroxylation sites is 1. The van der Waals surface area contributed by atoms with Crippen LogP contribution in [0.5, 0.6) is 5.75 Å². The number of aliphatic hydroxyl groups is 1. The molecule has 0 radical (unpaired) electrons. The van der Waals surface area contributed by atoms with Crippen LogP contribution in [0.2, 0.25) is 0 Å². The summed E-state index contributed by atoms with van der Waals surface area (Å²) in [5.41, 5.74) is 3.59. The normalized spacial score (nSPS) is 11.6. The van der Waals surface area contributed by atoms with Crippen molar-refractivity contribution in [3.05, 3.63) is 64.6 Å². The summed E-state index contributed by atoms with van der Waals surface area (Å²) in [6.45, 7) is 4.70. The molecule has 0 aliphatic heterocycles. The Labute approximate surface area is 202 Å². The number of benzene rings is 2. The predicted molar refractivity (Wildman–Crippen MR) is 138 cm³/mol. The van der Waals surface area contributed by atoms with E-state index in [4.69, 9.17) is 14.8 Å². The minimum Gasteiger partial charge on any atom is -0.493 e. The van der Waals surface area contributed by atoms with E-state index in [2.05, 4.69) is 25.7 Å². The third kappa shape index (κ3) is 5.49. The van der Waals surface area contributed by atoms with Crippen molar-refractivity contribution >= 4 is 28.4 Å². The Kier molecular flexibility index (Phi) is 7.41. The van der Waals surface area contributed by atoms with Crippen LogP contribution >= 0.6 is 0 Å². The van der Waals surface area contributed by atoms with Crippen LogP contribution in [0, 0.1) is 6.92 Å². The standard InChI is InChI=1S/C25H29N7O3/c1-4-35-20-12-11-18(28-25(26-13-8-14-33)27-17-9-6-5-7-10-17)15-19(20)23-29-21-16(2)31-32(3)22(21)24(34)30-23/h5-7,9-12,15,33H,4,8,13-14H2,1-3H3,(H2,26,27,28)(H,29,30,34). The van der Waals surface area contributed by atoms with Crippen molar-refractivity contribution in [1.82, 2.24) is 19.7 Å². The van der Waals surface area contributed by atoms with Crippen LogP contribution in [0.3, 0.4) is 0 Å². The van der Waals surface area contributed by atoms with Gasteiger partial charge in [0.15, 0.2) is 11.5 Å². The highest BCUT2D eigenvalue weighted by Gasteiger charge is 2.16. The minimum atomic E-state index is -0.272. The van der Waals surface area contributed by atoms with Gasteiger partial charge in [-0.25, -0.2) is 4.98 Å². The lowest BCUT2D eigenvalue weighted by molar-refractivity contribution is 0.291. The molecule has 0 aliphatic rings. The molecule has 0 amide bonds. The van der Waals surface area contributed by atoms with E-state index in [1.807, 2.05) is 62.4 Å². The zero-order valence-corrected chi connectivity index (χ0v) is 20.0. The molecule has 0 fully saturated rings. The number of fused-ring (bicyclic) bond motifs is 1. The summed E-state index contributed by atoms with van der Waals surface area (Å²) >= 11 is 0. The van der Waals surface area contributed by atoms with Gasteiger partial charge in [-0.2, -0.15) is 5.10 Å². The molecular formula is C25H29N7O3. The molecule has 0 bridgehead atoms. The maximum Gasteiger partial charge on any atom is 0.277 e. The summed E-state index contributed by atoms with van der Waals surface area (Å²) in [5.74, 6) is 1.51. The molecule has 2 aromatic carbocycles. The zero-order valence-electron chi connectivity index (χ0n) is 20.0. The Bertz CT molecular complexity index is 1390. The number of aliphatic hydroxyl groups excluding tert-OH is 1. The number of aromatic nitrogens is 4.